The number of pyridine rings is 1. The van der Waals surface area contributed by atoms with Crippen LogP contribution in [0.1, 0.15) is 12.1 Å². The van der Waals surface area contributed by atoms with Gasteiger partial charge in [0.2, 0.25) is 0 Å². The Morgan fingerprint density at radius 3 is 3.06 bits per heavy atom. The molecule has 1 aromatic heterocycles. The van der Waals surface area contributed by atoms with Crippen molar-refractivity contribution in [3.8, 4) is 0 Å². The zero-order chi connectivity index (χ0) is 13.0. The summed E-state index contributed by atoms with van der Waals surface area (Å²) in [6, 6.07) is 3.86. The fraction of sp³-hybridized carbons (Fsp3) is 0.500. The zero-order valence-electron chi connectivity index (χ0n) is 10.2. The van der Waals surface area contributed by atoms with Crippen LogP contribution in [0.25, 0.3) is 0 Å². The lowest BCUT2D eigenvalue weighted by Crippen LogP contribution is -2.31. The zero-order valence-corrected chi connectivity index (χ0v) is 11.8. The number of hydrogen-bond acceptors (Lipinski definition) is 5. The first-order valence-corrected chi connectivity index (χ1v) is 6.62. The van der Waals surface area contributed by atoms with Crippen LogP contribution >= 0.6 is 15.9 Å². The van der Waals surface area contributed by atoms with Crippen molar-refractivity contribution in [1.82, 2.24) is 9.88 Å². The fourth-order valence-electron chi connectivity index (χ4n) is 1.83. The first kappa shape index (κ1) is 13.5. The quantitative estimate of drug-likeness (QED) is 0.889. The molecule has 0 fully saturated rings. The van der Waals surface area contributed by atoms with E-state index in [0.29, 0.717) is 6.54 Å². The lowest BCUT2D eigenvalue weighted by atomic mass is 10.1. The van der Waals surface area contributed by atoms with Crippen LogP contribution in [0.15, 0.2) is 28.0 Å². The van der Waals surface area contributed by atoms with Gasteiger partial charge in [-0.3, -0.25) is 4.98 Å². The van der Waals surface area contributed by atoms with E-state index in [-0.39, 0.29) is 12.7 Å². The Morgan fingerprint density at radius 2 is 2.39 bits per heavy atom. The van der Waals surface area contributed by atoms with E-state index in [2.05, 4.69) is 26.1 Å². The van der Waals surface area contributed by atoms with Gasteiger partial charge in [-0.05, 0) is 35.1 Å². The molecule has 0 bridgehead atoms. The molecule has 0 saturated heterocycles. The van der Waals surface area contributed by atoms with Crippen LogP contribution in [0, 0.1) is 0 Å². The molecule has 6 heteroatoms. The molecule has 2 rings (SSSR count). The largest absolute Gasteiger partial charge is 0.395 e. The maximum absolute atomic E-state index is 8.84. The molecule has 0 amide bonds. The summed E-state index contributed by atoms with van der Waals surface area (Å²) in [5, 5.41) is 12.9. The molecule has 98 valence electrons. The van der Waals surface area contributed by atoms with Crippen LogP contribution < -0.4 is 0 Å². The molecule has 1 aliphatic heterocycles. The van der Waals surface area contributed by atoms with Crippen molar-refractivity contribution in [2.24, 2.45) is 5.16 Å². The fourth-order valence-corrected chi connectivity index (χ4v) is 2.07. The summed E-state index contributed by atoms with van der Waals surface area (Å²) in [4.78, 5) is 11.7. The number of likely N-dealkylation sites (N-methyl/N-ethyl adjacent to an activating group) is 1. The van der Waals surface area contributed by atoms with E-state index in [1.165, 1.54) is 0 Å². The summed E-state index contributed by atoms with van der Waals surface area (Å²) in [5.41, 5.74) is 1.73. The number of rotatable bonds is 5. The Labute approximate surface area is 115 Å². The van der Waals surface area contributed by atoms with Crippen molar-refractivity contribution in [2.75, 3.05) is 26.7 Å². The number of nitrogens with zero attached hydrogens (tertiary/aromatic N) is 3. The van der Waals surface area contributed by atoms with Crippen molar-refractivity contribution in [2.45, 2.75) is 12.5 Å². The van der Waals surface area contributed by atoms with Crippen molar-refractivity contribution in [1.29, 1.82) is 0 Å². The van der Waals surface area contributed by atoms with E-state index in [1.54, 1.807) is 6.20 Å². The van der Waals surface area contributed by atoms with E-state index in [9.17, 15) is 0 Å². The van der Waals surface area contributed by atoms with Crippen molar-refractivity contribution in [3.63, 3.8) is 0 Å². The third-order valence-corrected chi connectivity index (χ3v) is 3.22. The average Bonchev–Trinajstić information content (AvgIpc) is 2.78. The van der Waals surface area contributed by atoms with Gasteiger partial charge >= 0.3 is 0 Å². The number of aliphatic hydroxyl groups excluding tert-OH is 1. The normalized spacial score (nSPS) is 18.9. The van der Waals surface area contributed by atoms with E-state index >= 15 is 0 Å². The van der Waals surface area contributed by atoms with Crippen LogP contribution in [0.4, 0.5) is 0 Å². The molecule has 5 nitrogen and oxygen atoms in total. The monoisotopic (exact) mass is 313 g/mol. The van der Waals surface area contributed by atoms with E-state index in [0.717, 1.165) is 28.8 Å². The minimum absolute atomic E-state index is 0.0435. The van der Waals surface area contributed by atoms with Crippen molar-refractivity contribution >= 4 is 21.6 Å². The maximum Gasteiger partial charge on any atom is 0.145 e. The summed E-state index contributed by atoms with van der Waals surface area (Å²) in [7, 11) is 1.95. The minimum atomic E-state index is 0.0435. The Kier molecular flexibility index (Phi) is 4.68. The highest BCUT2D eigenvalue weighted by atomic mass is 79.9. The number of aliphatic hydroxyl groups is 1. The van der Waals surface area contributed by atoms with Crippen molar-refractivity contribution in [3.05, 3.63) is 28.5 Å². The second kappa shape index (κ2) is 6.26. The standard InChI is InChI=1S/C12H16BrN3O2/c1-16(4-5-17)8-10-6-12(15-18-10)11-3-2-9(13)7-14-11/h2-3,7,10,17H,4-6,8H2,1H3/t10-/m0/s1. The topological polar surface area (TPSA) is 58.0 Å². The van der Waals surface area contributed by atoms with Gasteiger partial charge in [0, 0.05) is 30.2 Å². The third kappa shape index (κ3) is 3.51. The summed E-state index contributed by atoms with van der Waals surface area (Å²) in [6.45, 7) is 1.56. The molecule has 1 aromatic rings. The predicted octanol–water partition coefficient (Wildman–Crippen LogP) is 1.26. The lowest BCUT2D eigenvalue weighted by Gasteiger charge is -2.17. The molecule has 0 aromatic carbocycles. The molecule has 0 unspecified atom stereocenters. The molecule has 0 radical (unpaired) electrons. The molecular formula is C12H16BrN3O2. The third-order valence-electron chi connectivity index (χ3n) is 2.75. The van der Waals surface area contributed by atoms with E-state index < -0.39 is 0 Å². The number of aromatic nitrogens is 1. The van der Waals surface area contributed by atoms with Gasteiger partial charge < -0.3 is 14.8 Å². The smallest absolute Gasteiger partial charge is 0.145 e. The maximum atomic E-state index is 8.84. The van der Waals surface area contributed by atoms with E-state index in [4.69, 9.17) is 9.94 Å². The summed E-state index contributed by atoms with van der Waals surface area (Å²) < 4.78 is 0.949. The SMILES string of the molecule is CN(CCO)C[C@@H]1CC(c2ccc(Br)cn2)=NO1. The molecule has 2 heterocycles. The van der Waals surface area contributed by atoms with E-state index in [1.807, 2.05) is 24.1 Å². The summed E-state index contributed by atoms with van der Waals surface area (Å²) >= 11 is 3.35. The minimum Gasteiger partial charge on any atom is -0.395 e. The molecule has 18 heavy (non-hydrogen) atoms. The van der Waals surface area contributed by atoms with Crippen LogP contribution in [0.2, 0.25) is 0 Å². The number of halogens is 1. The second-order valence-electron chi connectivity index (χ2n) is 4.32. The highest BCUT2D eigenvalue weighted by Gasteiger charge is 2.23. The van der Waals surface area contributed by atoms with Gasteiger partial charge in [0.05, 0.1) is 12.3 Å². The van der Waals surface area contributed by atoms with Gasteiger partial charge in [-0.2, -0.15) is 0 Å². The Bertz CT molecular complexity index is 422. The molecular weight excluding hydrogens is 298 g/mol. The first-order chi connectivity index (χ1) is 8.69. The molecule has 0 saturated carbocycles. The van der Waals surface area contributed by atoms with Crippen LogP contribution in [0.3, 0.4) is 0 Å². The molecule has 1 atom stereocenters. The van der Waals surface area contributed by atoms with Gasteiger partial charge in [-0.15, -0.1) is 0 Å². The van der Waals surface area contributed by atoms with Gasteiger partial charge in [-0.1, -0.05) is 5.16 Å². The highest BCUT2D eigenvalue weighted by Crippen LogP contribution is 2.17. The average molecular weight is 314 g/mol. The van der Waals surface area contributed by atoms with Gasteiger partial charge in [-0.25, -0.2) is 0 Å². The number of hydrogen-bond donors (Lipinski definition) is 1. The Morgan fingerprint density at radius 1 is 1.56 bits per heavy atom. The summed E-state index contributed by atoms with van der Waals surface area (Å²) in [6.07, 6.45) is 2.55. The Hall–Kier alpha value is -0.980. The second-order valence-corrected chi connectivity index (χ2v) is 5.23. The van der Waals surface area contributed by atoms with Crippen LogP contribution in [0.5, 0.6) is 0 Å². The van der Waals surface area contributed by atoms with Gasteiger partial charge in [0.15, 0.2) is 0 Å². The number of oxime groups is 1. The van der Waals surface area contributed by atoms with Crippen LogP contribution in [-0.2, 0) is 4.84 Å². The molecule has 0 aliphatic carbocycles. The van der Waals surface area contributed by atoms with Crippen LogP contribution in [-0.4, -0.2) is 53.6 Å². The van der Waals surface area contributed by atoms with Gasteiger partial charge in [0.25, 0.3) is 0 Å². The molecule has 1 N–H and O–H groups in total. The summed E-state index contributed by atoms with van der Waals surface area (Å²) in [5.74, 6) is 0. The first-order valence-electron chi connectivity index (χ1n) is 5.83. The Balaban J connectivity index is 1.89. The van der Waals surface area contributed by atoms with Gasteiger partial charge in [0.1, 0.15) is 11.8 Å². The predicted molar refractivity (Wildman–Crippen MR) is 72.5 cm³/mol. The molecule has 0 spiro atoms. The highest BCUT2D eigenvalue weighted by molar-refractivity contribution is 9.10. The lowest BCUT2D eigenvalue weighted by molar-refractivity contribution is 0.0553. The molecule has 1 aliphatic rings. The van der Waals surface area contributed by atoms with Crippen molar-refractivity contribution < 1.29 is 9.94 Å².